The van der Waals surface area contributed by atoms with E-state index in [0.29, 0.717) is 6.42 Å². The van der Waals surface area contributed by atoms with Gasteiger partial charge in [-0.1, -0.05) is 13.0 Å². The standard InChI is InChI=1S/C15H23NO3S/c1-4-9-16-15-13-10-12(19-2)7-5-11(13)6-8-14(15)20(3,17)18/h5,7,10,14-16H,4,6,8-9H2,1-3H3. The van der Waals surface area contributed by atoms with E-state index in [0.717, 1.165) is 30.7 Å². The van der Waals surface area contributed by atoms with Crippen molar-refractivity contribution in [3.8, 4) is 5.75 Å². The van der Waals surface area contributed by atoms with Gasteiger partial charge in [-0.25, -0.2) is 8.42 Å². The SMILES string of the molecule is CCCNC1c2cc(OC)ccc2CCC1S(C)(=O)=O. The molecular weight excluding hydrogens is 274 g/mol. The molecule has 1 N–H and O–H groups in total. The minimum absolute atomic E-state index is 0.135. The Morgan fingerprint density at radius 3 is 2.75 bits per heavy atom. The summed E-state index contributed by atoms with van der Waals surface area (Å²) >= 11 is 0. The van der Waals surface area contributed by atoms with Gasteiger partial charge < -0.3 is 10.1 Å². The summed E-state index contributed by atoms with van der Waals surface area (Å²) in [6.07, 6.45) is 3.80. The Morgan fingerprint density at radius 1 is 1.40 bits per heavy atom. The maximum atomic E-state index is 12.1. The quantitative estimate of drug-likeness (QED) is 0.904. The van der Waals surface area contributed by atoms with Gasteiger partial charge in [0.25, 0.3) is 0 Å². The van der Waals surface area contributed by atoms with Crippen LogP contribution in [0.2, 0.25) is 0 Å². The summed E-state index contributed by atoms with van der Waals surface area (Å²) in [6.45, 7) is 2.89. The summed E-state index contributed by atoms with van der Waals surface area (Å²) in [5, 5.41) is 3.05. The van der Waals surface area contributed by atoms with E-state index < -0.39 is 9.84 Å². The molecule has 0 amide bonds. The van der Waals surface area contributed by atoms with E-state index >= 15 is 0 Å². The van der Waals surface area contributed by atoms with Crippen molar-refractivity contribution in [3.63, 3.8) is 0 Å². The van der Waals surface area contributed by atoms with Crippen molar-refractivity contribution in [1.29, 1.82) is 0 Å². The van der Waals surface area contributed by atoms with E-state index in [9.17, 15) is 8.42 Å². The van der Waals surface area contributed by atoms with Crippen LogP contribution in [-0.2, 0) is 16.3 Å². The highest BCUT2D eigenvalue weighted by Crippen LogP contribution is 2.35. The van der Waals surface area contributed by atoms with Gasteiger partial charge in [-0.3, -0.25) is 0 Å². The van der Waals surface area contributed by atoms with Crippen LogP contribution in [-0.4, -0.2) is 33.6 Å². The molecule has 112 valence electrons. The highest BCUT2D eigenvalue weighted by molar-refractivity contribution is 7.91. The average Bonchev–Trinajstić information content (AvgIpc) is 2.42. The van der Waals surface area contributed by atoms with Gasteiger partial charge >= 0.3 is 0 Å². The molecule has 1 aliphatic rings. The van der Waals surface area contributed by atoms with Gasteiger partial charge in [-0.15, -0.1) is 0 Å². The molecule has 0 fully saturated rings. The molecule has 4 nitrogen and oxygen atoms in total. The molecule has 2 atom stereocenters. The van der Waals surface area contributed by atoms with Crippen molar-refractivity contribution in [1.82, 2.24) is 5.32 Å². The second-order valence-electron chi connectivity index (χ2n) is 5.40. The van der Waals surface area contributed by atoms with E-state index in [1.54, 1.807) is 7.11 Å². The summed E-state index contributed by atoms with van der Waals surface area (Å²) < 4.78 is 29.4. The van der Waals surface area contributed by atoms with Gasteiger partial charge in [-0.2, -0.15) is 0 Å². The van der Waals surface area contributed by atoms with Crippen molar-refractivity contribution < 1.29 is 13.2 Å². The molecule has 0 radical (unpaired) electrons. The topological polar surface area (TPSA) is 55.4 Å². The average molecular weight is 297 g/mol. The van der Waals surface area contributed by atoms with Crippen molar-refractivity contribution in [2.45, 2.75) is 37.5 Å². The van der Waals surface area contributed by atoms with Crippen LogP contribution in [0.25, 0.3) is 0 Å². The number of hydrogen-bond donors (Lipinski definition) is 1. The first-order chi connectivity index (χ1) is 9.47. The van der Waals surface area contributed by atoms with E-state index in [1.807, 2.05) is 18.2 Å². The van der Waals surface area contributed by atoms with Gasteiger partial charge in [-0.05, 0) is 49.1 Å². The smallest absolute Gasteiger partial charge is 0.152 e. The molecular formula is C15H23NO3S. The fourth-order valence-corrected chi connectivity index (χ4v) is 4.17. The van der Waals surface area contributed by atoms with E-state index in [4.69, 9.17) is 4.74 Å². The normalized spacial score (nSPS) is 22.4. The molecule has 1 aliphatic carbocycles. The third-order valence-corrected chi connectivity index (χ3v) is 5.53. The fraction of sp³-hybridized carbons (Fsp3) is 0.600. The number of benzene rings is 1. The molecule has 0 aliphatic heterocycles. The molecule has 0 bridgehead atoms. The summed E-state index contributed by atoms with van der Waals surface area (Å²) in [4.78, 5) is 0. The summed E-state index contributed by atoms with van der Waals surface area (Å²) in [6, 6.07) is 5.83. The maximum absolute atomic E-state index is 12.1. The zero-order valence-corrected chi connectivity index (χ0v) is 13.2. The summed E-state index contributed by atoms with van der Waals surface area (Å²) in [5.41, 5.74) is 2.29. The number of rotatable bonds is 5. The van der Waals surface area contributed by atoms with Crippen LogP contribution in [0.4, 0.5) is 0 Å². The van der Waals surface area contributed by atoms with Gasteiger partial charge in [0.1, 0.15) is 5.75 Å². The Hall–Kier alpha value is -1.07. The Morgan fingerprint density at radius 2 is 2.15 bits per heavy atom. The minimum Gasteiger partial charge on any atom is -0.497 e. The van der Waals surface area contributed by atoms with Crippen molar-refractivity contribution in [2.75, 3.05) is 19.9 Å². The van der Waals surface area contributed by atoms with Crippen LogP contribution in [0.5, 0.6) is 5.75 Å². The second kappa shape index (κ2) is 6.14. The predicted octanol–water partition coefficient (Wildman–Crippen LogP) is 2.10. The molecule has 1 aromatic carbocycles. The van der Waals surface area contributed by atoms with Crippen LogP contribution < -0.4 is 10.1 Å². The predicted molar refractivity (Wildman–Crippen MR) is 81.0 cm³/mol. The molecule has 0 spiro atoms. The van der Waals surface area contributed by atoms with Crippen LogP contribution in [0, 0.1) is 0 Å². The van der Waals surface area contributed by atoms with E-state index in [2.05, 4.69) is 12.2 Å². The lowest BCUT2D eigenvalue weighted by Gasteiger charge is -2.33. The number of methoxy groups -OCH3 is 1. The first kappa shape index (κ1) is 15.3. The lowest BCUT2D eigenvalue weighted by Crippen LogP contribution is -2.40. The molecule has 1 aromatic rings. The molecule has 0 saturated carbocycles. The Balaban J connectivity index is 2.42. The number of hydrogen-bond acceptors (Lipinski definition) is 4. The molecule has 20 heavy (non-hydrogen) atoms. The Labute approximate surface area is 121 Å². The zero-order chi connectivity index (χ0) is 14.8. The van der Waals surface area contributed by atoms with Crippen LogP contribution in [0.3, 0.4) is 0 Å². The Kier molecular flexibility index (Phi) is 4.70. The first-order valence-electron chi connectivity index (χ1n) is 7.06. The Bertz CT molecular complexity index is 568. The van der Waals surface area contributed by atoms with E-state index in [1.165, 1.54) is 11.8 Å². The van der Waals surface area contributed by atoms with Gasteiger partial charge in [0.15, 0.2) is 9.84 Å². The molecule has 2 unspecified atom stereocenters. The lowest BCUT2D eigenvalue weighted by molar-refractivity contribution is 0.408. The maximum Gasteiger partial charge on any atom is 0.152 e. The molecule has 5 heteroatoms. The van der Waals surface area contributed by atoms with Gasteiger partial charge in [0.05, 0.1) is 12.4 Å². The van der Waals surface area contributed by atoms with Gasteiger partial charge in [0, 0.05) is 12.3 Å². The first-order valence-corrected chi connectivity index (χ1v) is 9.02. The van der Waals surface area contributed by atoms with Crippen molar-refractivity contribution >= 4 is 9.84 Å². The number of sulfone groups is 1. The molecule has 0 saturated heterocycles. The third kappa shape index (κ3) is 3.15. The van der Waals surface area contributed by atoms with Crippen LogP contribution in [0.1, 0.15) is 36.9 Å². The number of fused-ring (bicyclic) bond motifs is 1. The highest BCUT2D eigenvalue weighted by Gasteiger charge is 2.35. The fourth-order valence-electron chi connectivity index (χ4n) is 2.88. The van der Waals surface area contributed by atoms with Crippen molar-refractivity contribution in [2.24, 2.45) is 0 Å². The van der Waals surface area contributed by atoms with Crippen LogP contribution >= 0.6 is 0 Å². The third-order valence-electron chi connectivity index (χ3n) is 3.92. The molecule has 2 rings (SSSR count). The van der Waals surface area contributed by atoms with E-state index in [-0.39, 0.29) is 11.3 Å². The lowest BCUT2D eigenvalue weighted by atomic mass is 9.87. The number of aryl methyl sites for hydroxylation is 1. The largest absolute Gasteiger partial charge is 0.497 e. The van der Waals surface area contributed by atoms with Crippen LogP contribution in [0.15, 0.2) is 18.2 Å². The summed E-state index contributed by atoms with van der Waals surface area (Å²) in [5.74, 6) is 0.779. The monoisotopic (exact) mass is 297 g/mol. The molecule has 0 aromatic heterocycles. The number of ether oxygens (including phenoxy) is 1. The molecule has 0 heterocycles. The van der Waals surface area contributed by atoms with Gasteiger partial charge in [0.2, 0.25) is 0 Å². The summed E-state index contributed by atoms with van der Waals surface area (Å²) in [7, 11) is -1.44. The number of nitrogens with one attached hydrogen (secondary N) is 1. The zero-order valence-electron chi connectivity index (χ0n) is 12.3. The highest BCUT2D eigenvalue weighted by atomic mass is 32.2. The van der Waals surface area contributed by atoms with Crippen molar-refractivity contribution in [3.05, 3.63) is 29.3 Å². The second-order valence-corrected chi connectivity index (χ2v) is 7.67. The minimum atomic E-state index is -3.07.